The minimum Gasteiger partial charge on any atom is -0.508 e. The third-order valence-corrected chi connectivity index (χ3v) is 3.60. The van der Waals surface area contributed by atoms with Crippen molar-refractivity contribution in [1.82, 2.24) is 20.3 Å². The maximum absolute atomic E-state index is 12.0. The molecule has 3 rings (SSSR count). The minimum atomic E-state index is -0.171. The second-order valence-corrected chi connectivity index (χ2v) is 5.82. The molecular weight excluding hydrogens is 344 g/mol. The molecule has 8 nitrogen and oxygen atoms in total. The fourth-order valence-electron chi connectivity index (χ4n) is 2.39. The number of carbonyl (C=O) groups is 1. The summed E-state index contributed by atoms with van der Waals surface area (Å²) in [5.74, 6) is 1.05. The van der Waals surface area contributed by atoms with Crippen molar-refractivity contribution in [2.45, 2.75) is 6.92 Å². The summed E-state index contributed by atoms with van der Waals surface area (Å²) >= 11 is 0. The largest absolute Gasteiger partial charge is 0.508 e. The third kappa shape index (κ3) is 5.40. The number of phenolic OH excluding ortho intramolecular Hbond substituents is 1. The predicted octanol–water partition coefficient (Wildman–Crippen LogP) is 2.47. The zero-order chi connectivity index (χ0) is 19.1. The number of hydrogen-bond donors (Lipinski definition) is 4. The molecule has 1 amide bonds. The van der Waals surface area contributed by atoms with E-state index >= 15 is 0 Å². The topological polar surface area (TPSA) is 112 Å². The SMILES string of the molecule is Cc1cc(NCCNC(=O)c2cccnc2)nc(Nc2cccc(O)c2)n1. The number of nitrogens with zero attached hydrogens (tertiary/aromatic N) is 3. The first-order valence-electron chi connectivity index (χ1n) is 8.44. The highest BCUT2D eigenvalue weighted by Gasteiger charge is 2.05. The average molecular weight is 364 g/mol. The standard InChI is InChI=1S/C19H20N6O2/c1-13-10-17(21-8-9-22-18(27)14-4-3-7-20-12-14)25-19(23-13)24-15-5-2-6-16(26)11-15/h2-7,10-12,26H,8-9H2,1H3,(H,22,27)(H2,21,23,24,25). The van der Waals surface area contributed by atoms with Crippen LogP contribution in [0.4, 0.5) is 17.5 Å². The highest BCUT2D eigenvalue weighted by molar-refractivity contribution is 5.93. The summed E-state index contributed by atoms with van der Waals surface area (Å²) in [6.45, 7) is 2.81. The Labute approximate surface area is 156 Å². The van der Waals surface area contributed by atoms with E-state index in [1.54, 1.807) is 36.5 Å². The van der Waals surface area contributed by atoms with Crippen molar-refractivity contribution >= 4 is 23.4 Å². The van der Waals surface area contributed by atoms with Crippen molar-refractivity contribution in [2.75, 3.05) is 23.7 Å². The molecule has 0 unspecified atom stereocenters. The quantitative estimate of drug-likeness (QED) is 0.476. The molecule has 0 spiro atoms. The van der Waals surface area contributed by atoms with Gasteiger partial charge in [-0.25, -0.2) is 4.98 Å². The van der Waals surface area contributed by atoms with E-state index < -0.39 is 0 Å². The van der Waals surface area contributed by atoms with Gasteiger partial charge in [0.2, 0.25) is 5.95 Å². The van der Waals surface area contributed by atoms with E-state index in [9.17, 15) is 9.90 Å². The number of nitrogens with one attached hydrogen (secondary N) is 3. The highest BCUT2D eigenvalue weighted by atomic mass is 16.3. The maximum atomic E-state index is 12.0. The van der Waals surface area contributed by atoms with Crippen LogP contribution in [0.3, 0.4) is 0 Å². The van der Waals surface area contributed by atoms with E-state index in [1.807, 2.05) is 19.1 Å². The Balaban J connectivity index is 1.54. The van der Waals surface area contributed by atoms with Gasteiger partial charge in [-0.05, 0) is 31.2 Å². The number of benzene rings is 1. The van der Waals surface area contributed by atoms with Gasteiger partial charge in [0.1, 0.15) is 11.6 Å². The van der Waals surface area contributed by atoms with Gasteiger partial charge in [0.15, 0.2) is 0 Å². The lowest BCUT2D eigenvalue weighted by Gasteiger charge is -2.11. The Morgan fingerprint density at radius 2 is 2.00 bits per heavy atom. The zero-order valence-corrected chi connectivity index (χ0v) is 14.8. The number of aromatic hydroxyl groups is 1. The molecule has 4 N–H and O–H groups in total. The number of aromatic nitrogens is 3. The molecular formula is C19H20N6O2. The van der Waals surface area contributed by atoms with Gasteiger partial charge in [0, 0.05) is 49.0 Å². The van der Waals surface area contributed by atoms with Gasteiger partial charge in [0.25, 0.3) is 5.91 Å². The van der Waals surface area contributed by atoms with Crippen LogP contribution >= 0.6 is 0 Å². The van der Waals surface area contributed by atoms with E-state index in [1.165, 1.54) is 6.20 Å². The monoisotopic (exact) mass is 364 g/mol. The van der Waals surface area contributed by atoms with Crippen LogP contribution in [-0.4, -0.2) is 39.1 Å². The van der Waals surface area contributed by atoms with Gasteiger partial charge in [-0.1, -0.05) is 6.07 Å². The van der Waals surface area contributed by atoms with Gasteiger partial charge in [0.05, 0.1) is 5.56 Å². The van der Waals surface area contributed by atoms with Crippen LogP contribution in [0.15, 0.2) is 54.9 Å². The first-order valence-corrected chi connectivity index (χ1v) is 8.44. The molecule has 2 heterocycles. The average Bonchev–Trinajstić information content (AvgIpc) is 2.65. The Kier molecular flexibility index (Phi) is 5.78. The molecule has 0 saturated carbocycles. The summed E-state index contributed by atoms with van der Waals surface area (Å²) in [6.07, 6.45) is 3.15. The van der Waals surface area contributed by atoms with Crippen molar-refractivity contribution < 1.29 is 9.90 Å². The molecule has 0 aliphatic rings. The van der Waals surface area contributed by atoms with Crippen molar-refractivity contribution in [3.05, 3.63) is 66.1 Å². The number of amides is 1. The molecule has 8 heteroatoms. The maximum Gasteiger partial charge on any atom is 0.252 e. The molecule has 27 heavy (non-hydrogen) atoms. The van der Waals surface area contributed by atoms with E-state index in [0.29, 0.717) is 36.1 Å². The molecule has 0 aliphatic carbocycles. The first-order chi connectivity index (χ1) is 13.1. The molecule has 2 aromatic heterocycles. The van der Waals surface area contributed by atoms with Gasteiger partial charge >= 0.3 is 0 Å². The van der Waals surface area contributed by atoms with Crippen LogP contribution in [0.25, 0.3) is 0 Å². The molecule has 0 bridgehead atoms. The Morgan fingerprint density at radius 1 is 1.11 bits per heavy atom. The highest BCUT2D eigenvalue weighted by Crippen LogP contribution is 2.19. The number of hydrogen-bond acceptors (Lipinski definition) is 7. The summed E-state index contributed by atoms with van der Waals surface area (Å²) in [5, 5.41) is 18.6. The molecule has 0 aliphatic heterocycles. The van der Waals surface area contributed by atoms with Crippen molar-refractivity contribution in [1.29, 1.82) is 0 Å². The summed E-state index contributed by atoms with van der Waals surface area (Å²) in [7, 11) is 0. The summed E-state index contributed by atoms with van der Waals surface area (Å²) in [6, 6.07) is 12.0. The fraction of sp³-hybridized carbons (Fsp3) is 0.158. The fourth-order valence-corrected chi connectivity index (χ4v) is 2.39. The minimum absolute atomic E-state index is 0.162. The van der Waals surface area contributed by atoms with Gasteiger partial charge in [-0.15, -0.1) is 0 Å². The number of carbonyl (C=O) groups excluding carboxylic acids is 1. The van der Waals surface area contributed by atoms with Gasteiger partial charge in [-0.2, -0.15) is 4.98 Å². The van der Waals surface area contributed by atoms with Gasteiger partial charge < -0.3 is 21.1 Å². The third-order valence-electron chi connectivity index (χ3n) is 3.60. The first kappa shape index (κ1) is 18.1. The van der Waals surface area contributed by atoms with Crippen molar-refractivity contribution in [3.63, 3.8) is 0 Å². The van der Waals surface area contributed by atoms with Crippen LogP contribution in [0.2, 0.25) is 0 Å². The number of phenols is 1. The predicted molar refractivity (Wildman–Crippen MR) is 103 cm³/mol. The normalized spacial score (nSPS) is 10.3. The smallest absolute Gasteiger partial charge is 0.252 e. The molecule has 0 radical (unpaired) electrons. The number of pyridine rings is 1. The number of anilines is 3. The van der Waals surface area contributed by atoms with Crippen LogP contribution < -0.4 is 16.0 Å². The van der Waals surface area contributed by atoms with Crippen LogP contribution in [0.5, 0.6) is 5.75 Å². The second-order valence-electron chi connectivity index (χ2n) is 5.82. The van der Waals surface area contributed by atoms with Crippen LogP contribution in [0, 0.1) is 6.92 Å². The lowest BCUT2D eigenvalue weighted by Crippen LogP contribution is -2.29. The molecule has 1 aromatic carbocycles. The Morgan fingerprint density at radius 3 is 2.78 bits per heavy atom. The molecule has 138 valence electrons. The number of aryl methyl sites for hydroxylation is 1. The van der Waals surface area contributed by atoms with E-state index in [0.717, 1.165) is 5.69 Å². The van der Waals surface area contributed by atoms with Crippen LogP contribution in [-0.2, 0) is 0 Å². The van der Waals surface area contributed by atoms with Crippen LogP contribution in [0.1, 0.15) is 16.1 Å². The van der Waals surface area contributed by atoms with Crippen molar-refractivity contribution in [2.24, 2.45) is 0 Å². The van der Waals surface area contributed by atoms with Gasteiger partial charge in [-0.3, -0.25) is 9.78 Å². The molecule has 3 aromatic rings. The lowest BCUT2D eigenvalue weighted by atomic mass is 10.3. The lowest BCUT2D eigenvalue weighted by molar-refractivity contribution is 0.0955. The zero-order valence-electron chi connectivity index (χ0n) is 14.8. The Hall–Kier alpha value is -3.68. The molecule has 0 fully saturated rings. The summed E-state index contributed by atoms with van der Waals surface area (Å²) in [4.78, 5) is 24.6. The summed E-state index contributed by atoms with van der Waals surface area (Å²) in [5.41, 5.74) is 2.00. The second kappa shape index (κ2) is 8.61. The van der Waals surface area contributed by atoms with E-state index in [4.69, 9.17) is 0 Å². The summed E-state index contributed by atoms with van der Waals surface area (Å²) < 4.78 is 0. The number of rotatable bonds is 7. The Bertz CT molecular complexity index is 917. The van der Waals surface area contributed by atoms with Crippen molar-refractivity contribution in [3.8, 4) is 5.75 Å². The van der Waals surface area contributed by atoms with E-state index in [2.05, 4.69) is 30.9 Å². The molecule has 0 atom stereocenters. The van der Waals surface area contributed by atoms with E-state index in [-0.39, 0.29) is 11.7 Å². The molecule has 0 saturated heterocycles.